The van der Waals surface area contributed by atoms with Gasteiger partial charge in [0.15, 0.2) is 0 Å². The molecule has 0 amide bonds. The monoisotopic (exact) mass is 418 g/mol. The average molecular weight is 419 g/mol. The van der Waals surface area contributed by atoms with E-state index in [1.54, 1.807) is 12.1 Å². The van der Waals surface area contributed by atoms with Gasteiger partial charge < -0.3 is 5.73 Å². The Kier molecular flexibility index (Phi) is 6.46. The molecule has 146 valence electrons. The number of nitrogens with one attached hydrogen (secondary N) is 1. The molecule has 3 aromatic rings. The van der Waals surface area contributed by atoms with E-state index in [0.29, 0.717) is 5.56 Å². The fourth-order valence-corrected chi connectivity index (χ4v) is 4.71. The summed E-state index contributed by atoms with van der Waals surface area (Å²) in [6, 6.07) is 21.0. The van der Waals surface area contributed by atoms with Crippen LogP contribution >= 0.6 is 11.6 Å². The molecule has 3 rings (SSSR count). The summed E-state index contributed by atoms with van der Waals surface area (Å²) in [5, 5.41) is 0.0639. The van der Waals surface area contributed by atoms with E-state index in [1.807, 2.05) is 48.5 Å². The molecular formula is C21H20ClFN2O2S. The van der Waals surface area contributed by atoms with Gasteiger partial charge in [0.1, 0.15) is 5.82 Å². The first-order chi connectivity index (χ1) is 13.4. The van der Waals surface area contributed by atoms with E-state index < -0.39 is 33.7 Å². The Morgan fingerprint density at radius 3 is 2.04 bits per heavy atom. The van der Waals surface area contributed by atoms with Gasteiger partial charge in [0.2, 0.25) is 10.0 Å². The van der Waals surface area contributed by atoms with Crippen LogP contribution < -0.4 is 10.5 Å². The van der Waals surface area contributed by atoms with Gasteiger partial charge in [0, 0.05) is 10.6 Å². The molecule has 0 aliphatic carbocycles. The van der Waals surface area contributed by atoms with Crippen LogP contribution in [0.3, 0.4) is 0 Å². The van der Waals surface area contributed by atoms with Gasteiger partial charge in [-0.1, -0.05) is 78.3 Å². The summed E-state index contributed by atoms with van der Waals surface area (Å²) in [5.74, 6) is -1.25. The van der Waals surface area contributed by atoms with Crippen LogP contribution in [0.5, 0.6) is 0 Å². The number of benzene rings is 3. The van der Waals surface area contributed by atoms with E-state index in [1.165, 1.54) is 18.2 Å². The van der Waals surface area contributed by atoms with Crippen LogP contribution in [0.15, 0.2) is 78.9 Å². The van der Waals surface area contributed by atoms with E-state index in [9.17, 15) is 12.8 Å². The largest absolute Gasteiger partial charge is 0.322 e. The molecule has 0 saturated carbocycles. The number of rotatable bonds is 7. The lowest BCUT2D eigenvalue weighted by atomic mass is 9.95. The zero-order valence-corrected chi connectivity index (χ0v) is 16.5. The molecule has 0 radical (unpaired) electrons. The number of sulfonamides is 1. The van der Waals surface area contributed by atoms with E-state index in [-0.39, 0.29) is 10.6 Å². The number of hydrogen-bond acceptors (Lipinski definition) is 3. The molecule has 3 aromatic carbocycles. The van der Waals surface area contributed by atoms with Crippen molar-refractivity contribution in [2.24, 2.45) is 5.73 Å². The minimum atomic E-state index is -3.93. The van der Waals surface area contributed by atoms with Crippen molar-refractivity contribution in [3.8, 4) is 0 Å². The number of hydrogen-bond donors (Lipinski definition) is 2. The molecule has 0 heterocycles. The van der Waals surface area contributed by atoms with Crippen molar-refractivity contribution in [1.29, 1.82) is 0 Å². The van der Waals surface area contributed by atoms with Crippen LogP contribution in [-0.4, -0.2) is 8.42 Å². The van der Waals surface area contributed by atoms with Crippen LogP contribution in [0.4, 0.5) is 4.39 Å². The molecule has 28 heavy (non-hydrogen) atoms. The fraction of sp³-hybridized carbons (Fsp3) is 0.143. The fourth-order valence-electron chi connectivity index (χ4n) is 2.97. The van der Waals surface area contributed by atoms with Gasteiger partial charge in [0.25, 0.3) is 0 Å². The topological polar surface area (TPSA) is 72.2 Å². The molecule has 2 atom stereocenters. The first-order valence-electron chi connectivity index (χ1n) is 8.66. The predicted molar refractivity (Wildman–Crippen MR) is 110 cm³/mol. The predicted octanol–water partition coefficient (Wildman–Crippen LogP) is 4.34. The maximum absolute atomic E-state index is 14.1. The van der Waals surface area contributed by atoms with Gasteiger partial charge in [-0.3, -0.25) is 0 Å². The Labute approximate surface area is 169 Å². The second-order valence-electron chi connectivity index (χ2n) is 6.40. The van der Waals surface area contributed by atoms with Gasteiger partial charge >= 0.3 is 0 Å². The third-order valence-corrected chi connectivity index (χ3v) is 6.04. The first kappa shape index (κ1) is 20.5. The summed E-state index contributed by atoms with van der Waals surface area (Å²) in [5.41, 5.74) is 7.82. The van der Waals surface area contributed by atoms with Gasteiger partial charge in [0.05, 0.1) is 17.8 Å². The quantitative estimate of drug-likeness (QED) is 0.599. The van der Waals surface area contributed by atoms with Gasteiger partial charge in [-0.25, -0.2) is 17.5 Å². The standard InChI is InChI=1S/C21H20ClFN2O2S/c22-18-12-7-13-19(23)17(18)14-28(26,27)25-21(16-10-5-2-6-11-16)20(24)15-8-3-1-4-9-15/h1-13,20-21,25H,14,24H2. The third-order valence-electron chi connectivity index (χ3n) is 4.40. The Hall–Kier alpha value is -2.25. The summed E-state index contributed by atoms with van der Waals surface area (Å²) in [7, 11) is -3.93. The number of nitrogens with two attached hydrogens (primary N) is 1. The van der Waals surface area contributed by atoms with E-state index in [4.69, 9.17) is 17.3 Å². The summed E-state index contributed by atoms with van der Waals surface area (Å²) >= 11 is 5.99. The molecule has 3 N–H and O–H groups in total. The lowest BCUT2D eigenvalue weighted by molar-refractivity contribution is 0.502. The van der Waals surface area contributed by atoms with Crippen molar-refractivity contribution in [2.45, 2.75) is 17.8 Å². The van der Waals surface area contributed by atoms with Crippen molar-refractivity contribution in [3.63, 3.8) is 0 Å². The highest BCUT2D eigenvalue weighted by Crippen LogP contribution is 2.29. The Morgan fingerprint density at radius 2 is 1.46 bits per heavy atom. The highest BCUT2D eigenvalue weighted by Gasteiger charge is 2.27. The van der Waals surface area contributed by atoms with Crippen LogP contribution in [-0.2, 0) is 15.8 Å². The normalized spacial score (nSPS) is 13.8. The SMILES string of the molecule is NC(c1ccccc1)C(NS(=O)(=O)Cc1c(F)cccc1Cl)c1ccccc1. The van der Waals surface area contributed by atoms with E-state index >= 15 is 0 Å². The van der Waals surface area contributed by atoms with Crippen LogP contribution in [0, 0.1) is 5.82 Å². The highest BCUT2D eigenvalue weighted by atomic mass is 35.5. The second kappa shape index (κ2) is 8.84. The van der Waals surface area contributed by atoms with E-state index in [0.717, 1.165) is 5.56 Å². The lowest BCUT2D eigenvalue weighted by Gasteiger charge is -2.26. The summed E-state index contributed by atoms with van der Waals surface area (Å²) in [6.07, 6.45) is 0. The maximum atomic E-state index is 14.1. The summed E-state index contributed by atoms with van der Waals surface area (Å²) in [4.78, 5) is 0. The van der Waals surface area contributed by atoms with Crippen LogP contribution in [0.1, 0.15) is 28.8 Å². The van der Waals surface area contributed by atoms with Gasteiger partial charge in [-0.15, -0.1) is 0 Å². The van der Waals surface area contributed by atoms with Crippen molar-refractivity contribution in [1.82, 2.24) is 4.72 Å². The minimum absolute atomic E-state index is 0.0639. The smallest absolute Gasteiger partial charge is 0.216 e. The number of halogens is 2. The molecule has 0 aliphatic heterocycles. The third kappa shape index (κ3) is 4.97. The van der Waals surface area contributed by atoms with E-state index in [2.05, 4.69) is 4.72 Å². The lowest BCUT2D eigenvalue weighted by Crippen LogP contribution is -2.36. The average Bonchev–Trinajstić information content (AvgIpc) is 2.70. The van der Waals surface area contributed by atoms with Crippen LogP contribution in [0.2, 0.25) is 5.02 Å². The Bertz CT molecular complexity index is 1010. The van der Waals surface area contributed by atoms with Crippen molar-refractivity contribution in [2.75, 3.05) is 0 Å². The first-order valence-corrected chi connectivity index (χ1v) is 10.7. The zero-order chi connectivity index (χ0) is 20.1. The molecule has 0 bridgehead atoms. The molecule has 0 fully saturated rings. The zero-order valence-electron chi connectivity index (χ0n) is 14.9. The van der Waals surface area contributed by atoms with Crippen molar-refractivity contribution >= 4 is 21.6 Å². The molecule has 0 aliphatic rings. The van der Waals surface area contributed by atoms with Crippen molar-refractivity contribution < 1.29 is 12.8 Å². The Morgan fingerprint density at radius 1 is 0.893 bits per heavy atom. The molecular weight excluding hydrogens is 399 g/mol. The second-order valence-corrected chi connectivity index (χ2v) is 8.56. The Balaban J connectivity index is 1.93. The molecule has 7 heteroatoms. The van der Waals surface area contributed by atoms with Crippen LogP contribution in [0.25, 0.3) is 0 Å². The summed E-state index contributed by atoms with van der Waals surface area (Å²) < 4.78 is 42.4. The highest BCUT2D eigenvalue weighted by molar-refractivity contribution is 7.88. The molecule has 4 nitrogen and oxygen atoms in total. The maximum Gasteiger partial charge on any atom is 0.216 e. The molecule has 2 unspecified atom stereocenters. The summed E-state index contributed by atoms with van der Waals surface area (Å²) in [6.45, 7) is 0. The van der Waals surface area contributed by atoms with Gasteiger partial charge in [-0.2, -0.15) is 0 Å². The van der Waals surface area contributed by atoms with Gasteiger partial charge in [-0.05, 0) is 23.3 Å². The molecule has 0 aromatic heterocycles. The molecule has 0 saturated heterocycles. The molecule has 0 spiro atoms. The van der Waals surface area contributed by atoms with Crippen molar-refractivity contribution in [3.05, 3.63) is 106 Å². The minimum Gasteiger partial charge on any atom is -0.322 e.